The van der Waals surface area contributed by atoms with Gasteiger partial charge in [-0.1, -0.05) is 0 Å². The normalized spacial score (nSPS) is 17.0. The van der Waals surface area contributed by atoms with E-state index in [0.29, 0.717) is 17.0 Å². The molecule has 10 nitrogen and oxygen atoms in total. The van der Waals surface area contributed by atoms with E-state index in [0.717, 1.165) is 62.0 Å². The number of nitrogens with one attached hydrogen (secondary N) is 3. The van der Waals surface area contributed by atoms with Gasteiger partial charge in [-0.3, -0.25) is 10.00 Å². The van der Waals surface area contributed by atoms with Gasteiger partial charge in [0.2, 0.25) is 0 Å². The number of hydrogen-bond donors (Lipinski definition) is 3. The average molecular weight is 520 g/mol. The standard InChI is InChI=1S/C27H34FN9O/c1-18-15-20-21(29-18)5-6-22(26(20)28)38-27-31-23(30-24-16-19(2)33-34-24)17-25(32-27)37-13-11-36(12-14-37)10-9-35-7-3-4-8-35/h5-6,15-17,29H,3-4,7-14H2,1-2H3,(H2,30,31,32,33,34). The molecule has 0 bridgehead atoms. The van der Waals surface area contributed by atoms with Crippen LogP contribution in [0.2, 0.25) is 0 Å². The predicted octanol–water partition coefficient (Wildman–Crippen LogP) is 4.19. The van der Waals surface area contributed by atoms with Crippen LogP contribution in [0.4, 0.5) is 21.8 Å². The highest BCUT2D eigenvalue weighted by Gasteiger charge is 2.22. The van der Waals surface area contributed by atoms with Gasteiger partial charge in [-0.25, -0.2) is 4.39 Å². The summed E-state index contributed by atoms with van der Waals surface area (Å²) in [5.41, 5.74) is 2.54. The van der Waals surface area contributed by atoms with Gasteiger partial charge in [-0.05, 0) is 58.0 Å². The molecule has 4 aromatic rings. The molecule has 2 saturated heterocycles. The molecule has 2 aliphatic rings. The number of benzene rings is 1. The Morgan fingerprint density at radius 3 is 2.39 bits per heavy atom. The lowest BCUT2D eigenvalue weighted by molar-refractivity contribution is 0.215. The Morgan fingerprint density at radius 2 is 1.66 bits per heavy atom. The molecule has 0 aliphatic carbocycles. The number of ether oxygens (including phenoxy) is 1. The zero-order valence-corrected chi connectivity index (χ0v) is 21.9. The second-order valence-electron chi connectivity index (χ2n) is 10.2. The molecule has 11 heteroatoms. The van der Waals surface area contributed by atoms with E-state index in [4.69, 9.17) is 4.74 Å². The van der Waals surface area contributed by atoms with Gasteiger partial charge >= 0.3 is 6.01 Å². The molecule has 0 amide bonds. The molecule has 3 aromatic heterocycles. The van der Waals surface area contributed by atoms with Crippen molar-refractivity contribution in [2.75, 3.05) is 62.6 Å². The number of aromatic amines is 2. The van der Waals surface area contributed by atoms with Crippen molar-refractivity contribution in [3.8, 4) is 11.8 Å². The summed E-state index contributed by atoms with van der Waals surface area (Å²) in [6.45, 7) is 12.1. The van der Waals surface area contributed by atoms with Crippen LogP contribution in [0.25, 0.3) is 10.9 Å². The molecule has 5 heterocycles. The molecule has 3 N–H and O–H groups in total. The van der Waals surface area contributed by atoms with Crippen LogP contribution in [0.5, 0.6) is 11.8 Å². The lowest BCUT2D eigenvalue weighted by Crippen LogP contribution is -2.48. The largest absolute Gasteiger partial charge is 0.421 e. The summed E-state index contributed by atoms with van der Waals surface area (Å²) in [5.74, 6) is 1.56. The molecule has 0 radical (unpaired) electrons. The van der Waals surface area contributed by atoms with E-state index in [-0.39, 0.29) is 11.8 Å². The number of anilines is 3. The molecule has 6 rings (SSSR count). The maximum atomic E-state index is 15.3. The Labute approximate surface area is 221 Å². The molecule has 2 aliphatic heterocycles. The van der Waals surface area contributed by atoms with Gasteiger partial charge in [-0.15, -0.1) is 0 Å². The van der Waals surface area contributed by atoms with E-state index >= 15 is 4.39 Å². The Balaban J connectivity index is 1.21. The third-order valence-corrected chi connectivity index (χ3v) is 7.32. The molecule has 2 fully saturated rings. The number of fused-ring (bicyclic) bond motifs is 1. The summed E-state index contributed by atoms with van der Waals surface area (Å²) in [7, 11) is 0. The Kier molecular flexibility index (Phi) is 6.86. The van der Waals surface area contributed by atoms with Crippen LogP contribution in [0.3, 0.4) is 0 Å². The number of nitrogens with zero attached hydrogens (tertiary/aromatic N) is 6. The number of aryl methyl sites for hydroxylation is 2. The smallest absolute Gasteiger partial charge is 0.326 e. The molecule has 0 atom stereocenters. The monoisotopic (exact) mass is 519 g/mol. The molecular formula is C27H34FN9O. The Morgan fingerprint density at radius 1 is 0.895 bits per heavy atom. The second-order valence-corrected chi connectivity index (χ2v) is 10.2. The van der Waals surface area contributed by atoms with Gasteiger partial charge in [0.1, 0.15) is 11.6 Å². The number of halogens is 1. The summed E-state index contributed by atoms with van der Waals surface area (Å²) in [5, 5.41) is 10.9. The highest BCUT2D eigenvalue weighted by atomic mass is 19.1. The number of likely N-dealkylation sites (tertiary alicyclic amines) is 1. The summed E-state index contributed by atoms with van der Waals surface area (Å²) >= 11 is 0. The molecule has 1 aromatic carbocycles. The minimum absolute atomic E-state index is 0.0826. The summed E-state index contributed by atoms with van der Waals surface area (Å²) in [4.78, 5) is 19.7. The van der Waals surface area contributed by atoms with Crippen LogP contribution in [-0.4, -0.2) is 87.3 Å². The van der Waals surface area contributed by atoms with Crippen LogP contribution in [0.15, 0.2) is 30.3 Å². The first-order chi connectivity index (χ1) is 18.5. The highest BCUT2D eigenvalue weighted by Crippen LogP contribution is 2.31. The number of rotatable bonds is 8. The third kappa shape index (κ3) is 5.44. The molecule has 38 heavy (non-hydrogen) atoms. The summed E-state index contributed by atoms with van der Waals surface area (Å²) < 4.78 is 21.2. The number of aromatic nitrogens is 5. The first-order valence-corrected chi connectivity index (χ1v) is 13.3. The van der Waals surface area contributed by atoms with Crippen LogP contribution in [0.1, 0.15) is 24.2 Å². The van der Waals surface area contributed by atoms with Crippen LogP contribution < -0.4 is 15.0 Å². The van der Waals surface area contributed by atoms with Crippen molar-refractivity contribution >= 4 is 28.4 Å². The fourth-order valence-electron chi connectivity index (χ4n) is 5.25. The van der Waals surface area contributed by atoms with E-state index in [9.17, 15) is 0 Å². The van der Waals surface area contributed by atoms with Crippen LogP contribution in [-0.2, 0) is 0 Å². The number of piperazine rings is 1. The summed E-state index contributed by atoms with van der Waals surface area (Å²) in [6.07, 6.45) is 2.64. The van der Waals surface area contributed by atoms with Gasteiger partial charge in [0, 0.05) is 73.7 Å². The fourth-order valence-corrected chi connectivity index (χ4v) is 5.25. The zero-order chi connectivity index (χ0) is 26.1. The van der Waals surface area contributed by atoms with Gasteiger partial charge in [0.15, 0.2) is 17.4 Å². The van der Waals surface area contributed by atoms with Crippen molar-refractivity contribution in [1.82, 2.24) is 34.9 Å². The third-order valence-electron chi connectivity index (χ3n) is 7.32. The Hall–Kier alpha value is -3.70. The van der Waals surface area contributed by atoms with Crippen LogP contribution in [0, 0.1) is 19.7 Å². The lowest BCUT2D eigenvalue weighted by atomic mass is 10.2. The van der Waals surface area contributed by atoms with Crippen molar-refractivity contribution in [2.45, 2.75) is 26.7 Å². The predicted molar refractivity (Wildman–Crippen MR) is 146 cm³/mol. The summed E-state index contributed by atoms with van der Waals surface area (Å²) in [6, 6.07) is 9.05. The quantitative estimate of drug-likeness (QED) is 0.319. The zero-order valence-electron chi connectivity index (χ0n) is 21.9. The van der Waals surface area contributed by atoms with E-state index in [1.807, 2.05) is 26.0 Å². The topological polar surface area (TPSA) is 101 Å². The molecule has 0 spiro atoms. The molecular weight excluding hydrogens is 485 g/mol. The first kappa shape index (κ1) is 24.6. The maximum Gasteiger partial charge on any atom is 0.326 e. The van der Waals surface area contributed by atoms with Crippen LogP contribution >= 0.6 is 0 Å². The van der Waals surface area contributed by atoms with Crippen molar-refractivity contribution in [1.29, 1.82) is 0 Å². The van der Waals surface area contributed by atoms with E-state index in [2.05, 4.69) is 45.2 Å². The Bertz CT molecular complexity index is 1400. The van der Waals surface area contributed by atoms with E-state index in [1.165, 1.54) is 25.9 Å². The van der Waals surface area contributed by atoms with Crippen molar-refractivity contribution in [3.05, 3.63) is 47.5 Å². The van der Waals surface area contributed by atoms with Crippen molar-refractivity contribution < 1.29 is 9.13 Å². The lowest BCUT2D eigenvalue weighted by Gasteiger charge is -2.36. The molecule has 200 valence electrons. The number of hydrogen-bond acceptors (Lipinski definition) is 8. The molecule has 0 saturated carbocycles. The van der Waals surface area contributed by atoms with Crippen molar-refractivity contribution in [3.63, 3.8) is 0 Å². The number of H-pyrrole nitrogens is 2. The SMILES string of the molecule is Cc1cc(Nc2cc(N3CCN(CCN4CCCC4)CC3)nc(Oc3ccc4[nH]c(C)cc4c3F)n2)n[nH]1. The van der Waals surface area contributed by atoms with E-state index < -0.39 is 5.82 Å². The fraction of sp³-hybridized carbons (Fsp3) is 0.444. The second kappa shape index (κ2) is 10.6. The minimum Gasteiger partial charge on any atom is -0.421 e. The van der Waals surface area contributed by atoms with Gasteiger partial charge in [0.25, 0.3) is 0 Å². The molecule has 0 unspecified atom stereocenters. The first-order valence-electron chi connectivity index (χ1n) is 13.3. The van der Waals surface area contributed by atoms with Gasteiger partial charge in [-0.2, -0.15) is 15.1 Å². The maximum absolute atomic E-state index is 15.3. The average Bonchev–Trinajstić information content (AvgIpc) is 3.66. The van der Waals surface area contributed by atoms with Gasteiger partial charge in [0.05, 0.1) is 0 Å². The van der Waals surface area contributed by atoms with E-state index in [1.54, 1.807) is 18.2 Å². The highest BCUT2D eigenvalue weighted by molar-refractivity contribution is 5.82. The van der Waals surface area contributed by atoms with Crippen molar-refractivity contribution in [2.24, 2.45) is 0 Å². The minimum atomic E-state index is -0.440. The van der Waals surface area contributed by atoms with Gasteiger partial charge < -0.3 is 24.8 Å².